The predicted octanol–water partition coefficient (Wildman–Crippen LogP) is 2.34. The molecule has 0 amide bonds. The monoisotopic (exact) mass is 251 g/mol. The molecular weight excluding hydrogens is 237 g/mol. The fraction of sp³-hybridized carbons (Fsp3) is 0.250. The Labute approximate surface area is 103 Å². The first-order valence-electron chi connectivity index (χ1n) is 5.31. The Morgan fingerprint density at radius 3 is 3.00 bits per heavy atom. The van der Waals surface area contributed by atoms with Gasteiger partial charge in [0.15, 0.2) is 0 Å². The standard InChI is InChI=1S/C12H14FN3S/c1-8-2-3-10(13)9(6-8)11(16-14)7-12-15-4-5-17-12/h2-6,11,16H,7,14H2,1H3. The maximum atomic E-state index is 13.7. The Hall–Kier alpha value is -1.30. The lowest BCUT2D eigenvalue weighted by atomic mass is 10.0. The van der Waals surface area contributed by atoms with E-state index in [1.165, 1.54) is 6.07 Å². The van der Waals surface area contributed by atoms with E-state index in [2.05, 4.69) is 10.4 Å². The van der Waals surface area contributed by atoms with Crippen LogP contribution in [0, 0.1) is 12.7 Å². The van der Waals surface area contributed by atoms with Gasteiger partial charge in [0.25, 0.3) is 0 Å². The van der Waals surface area contributed by atoms with Gasteiger partial charge in [-0.1, -0.05) is 17.7 Å². The number of aryl methyl sites for hydroxylation is 1. The second kappa shape index (κ2) is 5.35. The Balaban J connectivity index is 2.25. The molecule has 1 aromatic heterocycles. The molecule has 0 radical (unpaired) electrons. The highest BCUT2D eigenvalue weighted by molar-refractivity contribution is 7.09. The minimum Gasteiger partial charge on any atom is -0.271 e. The highest BCUT2D eigenvalue weighted by atomic mass is 32.1. The van der Waals surface area contributed by atoms with E-state index < -0.39 is 0 Å². The number of nitrogens with two attached hydrogens (primary N) is 1. The van der Waals surface area contributed by atoms with Crippen molar-refractivity contribution in [3.8, 4) is 0 Å². The van der Waals surface area contributed by atoms with Crippen LogP contribution < -0.4 is 11.3 Å². The number of rotatable bonds is 4. The fourth-order valence-electron chi connectivity index (χ4n) is 1.72. The average molecular weight is 251 g/mol. The predicted molar refractivity (Wildman–Crippen MR) is 67.0 cm³/mol. The van der Waals surface area contributed by atoms with Gasteiger partial charge in [0, 0.05) is 23.6 Å². The van der Waals surface area contributed by atoms with Crippen molar-refractivity contribution in [2.75, 3.05) is 0 Å². The normalized spacial score (nSPS) is 12.6. The maximum Gasteiger partial charge on any atom is 0.128 e. The quantitative estimate of drug-likeness (QED) is 0.648. The first-order chi connectivity index (χ1) is 8.20. The molecule has 0 saturated heterocycles. The van der Waals surface area contributed by atoms with Crippen molar-refractivity contribution in [3.05, 3.63) is 51.7 Å². The topological polar surface area (TPSA) is 50.9 Å². The van der Waals surface area contributed by atoms with Crippen LogP contribution in [0.4, 0.5) is 4.39 Å². The molecule has 2 rings (SSSR count). The first kappa shape index (κ1) is 12.2. The Morgan fingerprint density at radius 1 is 1.53 bits per heavy atom. The third-order valence-corrected chi connectivity index (χ3v) is 3.39. The SMILES string of the molecule is Cc1ccc(F)c(C(Cc2nccs2)NN)c1. The molecule has 0 bridgehead atoms. The van der Waals surface area contributed by atoms with Gasteiger partial charge in [-0.3, -0.25) is 11.3 Å². The van der Waals surface area contributed by atoms with Gasteiger partial charge in [0.2, 0.25) is 0 Å². The molecule has 0 aliphatic carbocycles. The summed E-state index contributed by atoms with van der Waals surface area (Å²) in [5.41, 5.74) is 4.25. The summed E-state index contributed by atoms with van der Waals surface area (Å²) in [7, 11) is 0. The zero-order valence-electron chi connectivity index (χ0n) is 9.48. The van der Waals surface area contributed by atoms with Crippen molar-refractivity contribution in [1.82, 2.24) is 10.4 Å². The molecule has 0 fully saturated rings. The summed E-state index contributed by atoms with van der Waals surface area (Å²) in [6.45, 7) is 1.93. The molecule has 3 nitrogen and oxygen atoms in total. The van der Waals surface area contributed by atoms with Crippen molar-refractivity contribution in [1.29, 1.82) is 0 Å². The molecule has 1 heterocycles. The molecule has 17 heavy (non-hydrogen) atoms. The van der Waals surface area contributed by atoms with E-state index in [1.807, 2.05) is 18.4 Å². The van der Waals surface area contributed by atoms with Crippen molar-refractivity contribution in [2.45, 2.75) is 19.4 Å². The molecule has 3 N–H and O–H groups in total. The fourth-order valence-corrected chi connectivity index (χ4v) is 2.38. The van der Waals surface area contributed by atoms with E-state index in [-0.39, 0.29) is 11.9 Å². The minimum atomic E-state index is -0.249. The van der Waals surface area contributed by atoms with Gasteiger partial charge in [-0.05, 0) is 13.0 Å². The lowest BCUT2D eigenvalue weighted by Crippen LogP contribution is -2.30. The third-order valence-electron chi connectivity index (χ3n) is 2.59. The van der Waals surface area contributed by atoms with Crippen LogP contribution in [-0.4, -0.2) is 4.98 Å². The zero-order valence-corrected chi connectivity index (χ0v) is 10.3. The largest absolute Gasteiger partial charge is 0.271 e. The summed E-state index contributed by atoms with van der Waals surface area (Å²) in [6, 6.07) is 4.78. The second-order valence-corrected chi connectivity index (χ2v) is 4.85. The molecule has 0 spiro atoms. The summed E-state index contributed by atoms with van der Waals surface area (Å²) >= 11 is 1.54. The van der Waals surface area contributed by atoms with Crippen LogP contribution in [0.5, 0.6) is 0 Å². The Bertz CT molecular complexity index is 485. The lowest BCUT2D eigenvalue weighted by Gasteiger charge is -2.16. The van der Waals surface area contributed by atoms with E-state index >= 15 is 0 Å². The number of nitrogens with one attached hydrogen (secondary N) is 1. The molecule has 1 aromatic carbocycles. The number of nitrogens with zero attached hydrogens (tertiary/aromatic N) is 1. The van der Waals surface area contributed by atoms with Gasteiger partial charge in [0.1, 0.15) is 5.82 Å². The molecule has 0 aliphatic heterocycles. The van der Waals surface area contributed by atoms with Gasteiger partial charge < -0.3 is 0 Å². The summed E-state index contributed by atoms with van der Waals surface area (Å²) in [5, 5.41) is 2.84. The van der Waals surface area contributed by atoms with Gasteiger partial charge in [-0.25, -0.2) is 9.37 Å². The molecule has 1 atom stereocenters. The van der Waals surface area contributed by atoms with Crippen molar-refractivity contribution in [2.24, 2.45) is 5.84 Å². The molecule has 0 aliphatic rings. The van der Waals surface area contributed by atoms with Gasteiger partial charge in [-0.2, -0.15) is 0 Å². The summed E-state index contributed by atoms with van der Waals surface area (Å²) in [5.74, 6) is 5.26. The first-order valence-corrected chi connectivity index (χ1v) is 6.19. The lowest BCUT2D eigenvalue weighted by molar-refractivity contribution is 0.509. The smallest absolute Gasteiger partial charge is 0.128 e. The summed E-state index contributed by atoms with van der Waals surface area (Å²) in [6.07, 6.45) is 2.33. The average Bonchev–Trinajstić information content (AvgIpc) is 2.82. The number of benzene rings is 1. The van der Waals surface area contributed by atoms with Crippen LogP contribution in [0.3, 0.4) is 0 Å². The van der Waals surface area contributed by atoms with Crippen LogP contribution >= 0.6 is 11.3 Å². The van der Waals surface area contributed by atoms with Crippen molar-refractivity contribution >= 4 is 11.3 Å². The van der Waals surface area contributed by atoms with Gasteiger partial charge >= 0.3 is 0 Å². The van der Waals surface area contributed by atoms with E-state index in [0.29, 0.717) is 12.0 Å². The highest BCUT2D eigenvalue weighted by Gasteiger charge is 2.16. The number of hydrogen-bond acceptors (Lipinski definition) is 4. The Morgan fingerprint density at radius 2 is 2.35 bits per heavy atom. The minimum absolute atomic E-state index is 0.241. The van der Waals surface area contributed by atoms with Crippen LogP contribution in [-0.2, 0) is 6.42 Å². The van der Waals surface area contributed by atoms with Crippen LogP contribution in [0.2, 0.25) is 0 Å². The summed E-state index contributed by atoms with van der Waals surface area (Å²) < 4.78 is 13.7. The highest BCUT2D eigenvalue weighted by Crippen LogP contribution is 2.22. The second-order valence-electron chi connectivity index (χ2n) is 3.87. The maximum absolute atomic E-state index is 13.7. The number of hydrogen-bond donors (Lipinski definition) is 2. The van der Waals surface area contributed by atoms with Gasteiger partial charge in [-0.15, -0.1) is 11.3 Å². The van der Waals surface area contributed by atoms with E-state index in [1.54, 1.807) is 23.6 Å². The van der Waals surface area contributed by atoms with E-state index in [0.717, 1.165) is 10.6 Å². The molecule has 0 saturated carbocycles. The molecule has 1 unspecified atom stereocenters. The van der Waals surface area contributed by atoms with E-state index in [4.69, 9.17) is 5.84 Å². The summed E-state index contributed by atoms with van der Waals surface area (Å²) in [4.78, 5) is 4.18. The number of halogens is 1. The van der Waals surface area contributed by atoms with Crippen LogP contribution in [0.25, 0.3) is 0 Å². The molecule has 90 valence electrons. The van der Waals surface area contributed by atoms with Crippen molar-refractivity contribution in [3.63, 3.8) is 0 Å². The molecule has 5 heteroatoms. The third kappa shape index (κ3) is 2.88. The van der Waals surface area contributed by atoms with Crippen molar-refractivity contribution < 1.29 is 4.39 Å². The number of thiazole rings is 1. The van der Waals surface area contributed by atoms with E-state index in [9.17, 15) is 4.39 Å². The van der Waals surface area contributed by atoms with Crippen LogP contribution in [0.15, 0.2) is 29.8 Å². The number of aromatic nitrogens is 1. The Kier molecular flexibility index (Phi) is 3.83. The molecular formula is C12H14FN3S. The van der Waals surface area contributed by atoms with Gasteiger partial charge in [0.05, 0.1) is 11.0 Å². The van der Waals surface area contributed by atoms with Crippen LogP contribution in [0.1, 0.15) is 22.2 Å². The zero-order chi connectivity index (χ0) is 12.3. The number of hydrazine groups is 1. The molecule has 2 aromatic rings.